The van der Waals surface area contributed by atoms with E-state index in [0.29, 0.717) is 28.9 Å². The number of terminal acetylenes is 1. The monoisotopic (exact) mass is 341 g/mol. The number of amides is 1. The van der Waals surface area contributed by atoms with E-state index in [1.54, 1.807) is 11.6 Å². The number of hydrogen-bond donors (Lipinski definition) is 1. The molecule has 0 atom stereocenters. The maximum absolute atomic E-state index is 11.4. The van der Waals surface area contributed by atoms with Crippen LogP contribution in [-0.2, 0) is 11.4 Å². The molecule has 1 amide bonds. The van der Waals surface area contributed by atoms with Gasteiger partial charge in [-0.05, 0) is 19.1 Å². The maximum Gasteiger partial charge on any atom is 0.413 e. The summed E-state index contributed by atoms with van der Waals surface area (Å²) in [5, 5.41) is 7.34. The molecule has 9 heteroatoms. The first-order valence-corrected chi connectivity index (χ1v) is 8.24. The molecule has 0 aromatic carbocycles. The average molecular weight is 341 g/mol. The number of hydrogen-bond acceptors (Lipinski definition) is 7. The van der Waals surface area contributed by atoms with Crippen LogP contribution in [0.25, 0.3) is 0 Å². The third kappa shape index (κ3) is 4.78. The van der Waals surface area contributed by atoms with E-state index < -0.39 is 6.09 Å². The summed E-state index contributed by atoms with van der Waals surface area (Å²) in [6, 6.07) is 0. The van der Waals surface area contributed by atoms with Crippen molar-refractivity contribution in [3.63, 3.8) is 0 Å². The van der Waals surface area contributed by atoms with E-state index in [1.807, 2.05) is 0 Å². The van der Waals surface area contributed by atoms with Crippen molar-refractivity contribution in [3.05, 3.63) is 3.95 Å². The Balaban J connectivity index is 1.89. The van der Waals surface area contributed by atoms with Crippen molar-refractivity contribution in [2.24, 2.45) is 0 Å². The minimum atomic E-state index is -0.513. The summed E-state index contributed by atoms with van der Waals surface area (Å²) in [4.78, 5) is 15.9. The molecule has 0 radical (unpaired) electrons. The average Bonchev–Trinajstić information content (AvgIpc) is 2.81. The summed E-state index contributed by atoms with van der Waals surface area (Å²) in [6.45, 7) is 7.09. The van der Waals surface area contributed by atoms with Crippen LogP contribution in [0, 0.1) is 16.3 Å². The van der Waals surface area contributed by atoms with Gasteiger partial charge < -0.3 is 4.74 Å². The highest BCUT2D eigenvalue weighted by molar-refractivity contribution is 7.73. The van der Waals surface area contributed by atoms with Gasteiger partial charge in [-0.1, -0.05) is 17.3 Å². The van der Waals surface area contributed by atoms with Crippen LogP contribution < -0.4 is 5.32 Å². The summed E-state index contributed by atoms with van der Waals surface area (Å²) < 4.78 is 7.16. The fraction of sp³-hybridized carbons (Fsp3) is 0.615. The fourth-order valence-corrected chi connectivity index (χ4v) is 3.09. The summed E-state index contributed by atoms with van der Waals surface area (Å²) in [5.41, 5.74) is 0. The van der Waals surface area contributed by atoms with Crippen LogP contribution in [0.15, 0.2) is 0 Å². The zero-order valence-corrected chi connectivity index (χ0v) is 14.1. The minimum Gasteiger partial charge on any atom is -0.450 e. The zero-order valence-electron chi connectivity index (χ0n) is 12.4. The Hall–Kier alpha value is -1.47. The van der Waals surface area contributed by atoms with Crippen molar-refractivity contribution in [3.8, 4) is 12.3 Å². The SMILES string of the molecule is C#CCN1CCN(Cn2nc(NC(=O)OCC)sc2=S)CC1. The highest BCUT2D eigenvalue weighted by Gasteiger charge is 2.17. The molecule has 22 heavy (non-hydrogen) atoms. The van der Waals surface area contributed by atoms with Crippen LogP contribution in [0.3, 0.4) is 0 Å². The molecule has 0 saturated carbocycles. The Labute approximate surface area is 138 Å². The first-order valence-electron chi connectivity index (χ1n) is 7.02. The normalized spacial score (nSPS) is 16.2. The Morgan fingerprint density at radius 1 is 1.45 bits per heavy atom. The van der Waals surface area contributed by atoms with Crippen LogP contribution in [0.2, 0.25) is 0 Å². The first kappa shape index (κ1) is 16.9. The van der Waals surface area contributed by atoms with Crippen LogP contribution in [0.5, 0.6) is 0 Å². The van der Waals surface area contributed by atoms with Crippen molar-refractivity contribution in [2.45, 2.75) is 13.6 Å². The molecular weight excluding hydrogens is 322 g/mol. The van der Waals surface area contributed by atoms with Crippen molar-refractivity contribution in [2.75, 3.05) is 44.6 Å². The molecule has 1 fully saturated rings. The zero-order chi connectivity index (χ0) is 15.9. The van der Waals surface area contributed by atoms with Crippen LogP contribution in [-0.4, -0.2) is 65.0 Å². The number of piperazine rings is 1. The van der Waals surface area contributed by atoms with E-state index in [-0.39, 0.29) is 0 Å². The predicted octanol–water partition coefficient (Wildman–Crippen LogP) is 1.45. The Bertz CT molecular complexity index is 598. The lowest BCUT2D eigenvalue weighted by Gasteiger charge is -2.33. The molecule has 7 nitrogen and oxygen atoms in total. The van der Waals surface area contributed by atoms with E-state index in [9.17, 15) is 4.79 Å². The summed E-state index contributed by atoms with van der Waals surface area (Å²) in [5.74, 6) is 2.67. The van der Waals surface area contributed by atoms with Crippen LogP contribution in [0.4, 0.5) is 9.93 Å². The quantitative estimate of drug-likeness (QED) is 0.646. The number of carbonyl (C=O) groups is 1. The fourth-order valence-electron chi connectivity index (χ4n) is 2.11. The minimum absolute atomic E-state index is 0.319. The summed E-state index contributed by atoms with van der Waals surface area (Å²) >= 11 is 6.54. The number of carbonyl (C=O) groups excluding carboxylic acids is 1. The van der Waals surface area contributed by atoms with E-state index in [0.717, 1.165) is 26.2 Å². The van der Waals surface area contributed by atoms with Gasteiger partial charge in [0.05, 0.1) is 19.8 Å². The molecule has 0 spiro atoms. The third-order valence-electron chi connectivity index (χ3n) is 3.20. The second-order valence-electron chi connectivity index (χ2n) is 4.76. The van der Waals surface area contributed by atoms with Gasteiger partial charge in [0.1, 0.15) is 0 Å². The van der Waals surface area contributed by atoms with Gasteiger partial charge >= 0.3 is 6.09 Å². The van der Waals surface area contributed by atoms with Gasteiger partial charge in [-0.15, -0.1) is 11.5 Å². The Kier molecular flexibility index (Phi) is 6.33. The van der Waals surface area contributed by atoms with Gasteiger partial charge in [0.15, 0.2) is 3.95 Å². The lowest BCUT2D eigenvalue weighted by molar-refractivity contribution is 0.112. The number of ether oxygens (including phenoxy) is 1. The highest BCUT2D eigenvalue weighted by Crippen LogP contribution is 2.15. The van der Waals surface area contributed by atoms with Crippen molar-refractivity contribution in [1.82, 2.24) is 19.6 Å². The number of rotatable bonds is 5. The topological polar surface area (TPSA) is 62.6 Å². The van der Waals surface area contributed by atoms with Gasteiger partial charge in [0, 0.05) is 26.2 Å². The molecule has 2 rings (SSSR count). The maximum atomic E-state index is 11.4. The van der Waals surface area contributed by atoms with Gasteiger partial charge in [-0.25, -0.2) is 9.48 Å². The molecule has 1 N–H and O–H groups in total. The van der Waals surface area contributed by atoms with Gasteiger partial charge in [0.2, 0.25) is 5.13 Å². The van der Waals surface area contributed by atoms with Gasteiger partial charge in [-0.3, -0.25) is 15.1 Å². The van der Waals surface area contributed by atoms with Gasteiger partial charge in [-0.2, -0.15) is 0 Å². The first-order chi connectivity index (χ1) is 10.6. The summed E-state index contributed by atoms with van der Waals surface area (Å²) in [6.07, 6.45) is 4.81. The van der Waals surface area contributed by atoms with Crippen LogP contribution in [0.1, 0.15) is 6.92 Å². The second kappa shape index (κ2) is 8.24. The van der Waals surface area contributed by atoms with E-state index >= 15 is 0 Å². The Morgan fingerprint density at radius 2 is 2.14 bits per heavy atom. The smallest absolute Gasteiger partial charge is 0.413 e. The van der Waals surface area contributed by atoms with E-state index in [1.165, 1.54) is 11.3 Å². The lowest BCUT2D eigenvalue weighted by atomic mass is 10.3. The number of nitrogens with one attached hydrogen (secondary N) is 1. The number of anilines is 1. The van der Waals surface area contributed by atoms with E-state index in [4.69, 9.17) is 23.4 Å². The molecule has 0 unspecified atom stereocenters. The Morgan fingerprint density at radius 3 is 2.77 bits per heavy atom. The standard InChI is InChI=1S/C13H19N5O2S2/c1-3-5-16-6-8-17(9-7-16)10-18-13(21)22-11(15-18)14-12(19)20-4-2/h1H,4-10H2,2H3,(H,14,15,19). The van der Waals surface area contributed by atoms with Crippen molar-refractivity contribution >= 4 is 34.8 Å². The molecule has 120 valence electrons. The lowest BCUT2D eigenvalue weighted by Crippen LogP contribution is -2.46. The molecule has 1 saturated heterocycles. The molecule has 0 aliphatic carbocycles. The van der Waals surface area contributed by atoms with E-state index in [2.05, 4.69) is 26.1 Å². The van der Waals surface area contributed by atoms with Gasteiger partial charge in [0.25, 0.3) is 0 Å². The second-order valence-corrected chi connectivity index (χ2v) is 6.38. The van der Waals surface area contributed by atoms with Crippen molar-refractivity contribution in [1.29, 1.82) is 0 Å². The summed E-state index contributed by atoms with van der Waals surface area (Å²) in [7, 11) is 0. The van der Waals surface area contributed by atoms with Crippen LogP contribution >= 0.6 is 23.6 Å². The number of nitrogens with zero attached hydrogens (tertiary/aromatic N) is 4. The highest BCUT2D eigenvalue weighted by atomic mass is 32.1. The molecule has 1 aliphatic rings. The predicted molar refractivity (Wildman–Crippen MR) is 88.4 cm³/mol. The molecule has 1 aromatic rings. The number of aromatic nitrogens is 2. The van der Waals surface area contributed by atoms with Crippen molar-refractivity contribution < 1.29 is 9.53 Å². The molecular formula is C13H19N5O2S2. The third-order valence-corrected chi connectivity index (χ3v) is 4.43. The largest absolute Gasteiger partial charge is 0.450 e. The molecule has 1 aromatic heterocycles. The molecule has 2 heterocycles. The molecule has 0 bridgehead atoms. The molecule has 1 aliphatic heterocycles.